The van der Waals surface area contributed by atoms with E-state index >= 15 is 0 Å². The Labute approximate surface area is 192 Å². The van der Waals surface area contributed by atoms with E-state index < -0.39 is 0 Å². The van der Waals surface area contributed by atoms with Gasteiger partial charge in [-0.1, -0.05) is 23.9 Å². The van der Waals surface area contributed by atoms with E-state index in [1.54, 1.807) is 54.6 Å². The Kier molecular flexibility index (Phi) is 6.47. The van der Waals surface area contributed by atoms with Crippen LogP contribution in [-0.4, -0.2) is 54.7 Å². The van der Waals surface area contributed by atoms with Gasteiger partial charge in [0.15, 0.2) is 0 Å². The van der Waals surface area contributed by atoms with Gasteiger partial charge < -0.3 is 10.2 Å². The normalized spacial score (nSPS) is 12.0. The molecule has 164 valence electrons. The number of tetrazole rings is 1. The number of thioether (sulfide) groups is 1. The Balaban J connectivity index is 1.36. The first-order valence-electron chi connectivity index (χ1n) is 9.80. The number of hydrogen-bond acceptors (Lipinski definition) is 8. The lowest BCUT2D eigenvalue weighted by molar-refractivity contribution is -0.113. The molecule has 0 aliphatic heterocycles. The second-order valence-corrected chi connectivity index (χ2v) is 9.12. The maximum Gasteiger partial charge on any atom is 0.254 e. The quantitative estimate of drug-likeness (QED) is 0.415. The molecule has 2 heterocycles. The second kappa shape index (κ2) is 9.45. The van der Waals surface area contributed by atoms with Gasteiger partial charge in [-0.05, 0) is 53.7 Å². The van der Waals surface area contributed by atoms with Crippen LogP contribution in [0.4, 0.5) is 5.69 Å². The molecule has 4 aromatic rings. The molecule has 32 heavy (non-hydrogen) atoms. The standard InChI is InChI=1S/C21H21N7O2S2/c1-13(19-23-16-6-4-5-7-17(16)32-19)27(2)20(30)14-8-10-15(11-9-14)22-18(29)12-31-21-24-25-26-28(21)3/h4-11,13H,12H2,1-3H3,(H,22,29). The van der Waals surface area contributed by atoms with Crippen LogP contribution in [0, 0.1) is 0 Å². The fourth-order valence-corrected chi connectivity index (χ4v) is 4.69. The molecule has 0 radical (unpaired) electrons. The molecule has 11 heteroatoms. The van der Waals surface area contributed by atoms with Gasteiger partial charge in [0.05, 0.1) is 22.0 Å². The van der Waals surface area contributed by atoms with Crippen molar-refractivity contribution in [2.75, 3.05) is 18.1 Å². The van der Waals surface area contributed by atoms with Gasteiger partial charge in [0.25, 0.3) is 5.91 Å². The highest BCUT2D eigenvalue weighted by Gasteiger charge is 2.22. The third-order valence-corrected chi connectivity index (χ3v) is 7.12. The number of hydrogen-bond donors (Lipinski definition) is 1. The topological polar surface area (TPSA) is 106 Å². The molecule has 4 rings (SSSR count). The van der Waals surface area contributed by atoms with Gasteiger partial charge in [0.1, 0.15) is 5.01 Å². The van der Waals surface area contributed by atoms with Gasteiger partial charge in [0, 0.05) is 25.3 Å². The number of amides is 2. The predicted octanol–water partition coefficient (Wildman–Crippen LogP) is 3.38. The van der Waals surface area contributed by atoms with Gasteiger partial charge >= 0.3 is 0 Å². The lowest BCUT2D eigenvalue weighted by atomic mass is 10.1. The van der Waals surface area contributed by atoms with E-state index in [9.17, 15) is 9.59 Å². The molecular formula is C21H21N7O2S2. The number of benzene rings is 2. The summed E-state index contributed by atoms with van der Waals surface area (Å²) in [4.78, 5) is 31.5. The maximum atomic E-state index is 13.0. The Bertz CT molecular complexity index is 1220. The molecule has 1 atom stereocenters. The van der Waals surface area contributed by atoms with Crippen molar-refractivity contribution in [2.45, 2.75) is 18.1 Å². The molecule has 0 fully saturated rings. The van der Waals surface area contributed by atoms with Crippen molar-refractivity contribution in [1.82, 2.24) is 30.1 Å². The Hall–Kier alpha value is -3.31. The van der Waals surface area contributed by atoms with Crippen LogP contribution in [-0.2, 0) is 11.8 Å². The number of thiazole rings is 1. The number of fused-ring (bicyclic) bond motifs is 1. The molecule has 2 aromatic heterocycles. The van der Waals surface area contributed by atoms with E-state index in [1.807, 2.05) is 31.2 Å². The van der Waals surface area contributed by atoms with Gasteiger partial charge in [-0.25, -0.2) is 9.67 Å². The van der Waals surface area contributed by atoms with E-state index in [0.717, 1.165) is 15.2 Å². The molecular weight excluding hydrogens is 446 g/mol. The summed E-state index contributed by atoms with van der Waals surface area (Å²) in [5.41, 5.74) is 2.09. The van der Waals surface area contributed by atoms with Crippen LogP contribution < -0.4 is 5.32 Å². The van der Waals surface area contributed by atoms with E-state index in [4.69, 9.17) is 0 Å². The summed E-state index contributed by atoms with van der Waals surface area (Å²) in [5.74, 6) is -0.115. The summed E-state index contributed by atoms with van der Waals surface area (Å²) in [7, 11) is 3.48. The molecule has 0 aliphatic rings. The van der Waals surface area contributed by atoms with Crippen LogP contribution in [0.1, 0.15) is 28.3 Å². The zero-order chi connectivity index (χ0) is 22.7. The first-order valence-corrected chi connectivity index (χ1v) is 11.6. The zero-order valence-corrected chi connectivity index (χ0v) is 19.4. The van der Waals surface area contributed by atoms with E-state index in [0.29, 0.717) is 16.4 Å². The van der Waals surface area contributed by atoms with Crippen molar-refractivity contribution in [3.05, 3.63) is 59.1 Å². The molecule has 9 nitrogen and oxygen atoms in total. The summed E-state index contributed by atoms with van der Waals surface area (Å²) in [6.07, 6.45) is 0. The number of aromatic nitrogens is 5. The average Bonchev–Trinajstić information content (AvgIpc) is 3.42. The Morgan fingerprint density at radius 1 is 1.19 bits per heavy atom. The fraction of sp³-hybridized carbons (Fsp3) is 0.238. The average molecular weight is 468 g/mol. The van der Waals surface area contributed by atoms with Crippen molar-refractivity contribution in [1.29, 1.82) is 0 Å². The first-order chi connectivity index (χ1) is 15.4. The summed E-state index contributed by atoms with van der Waals surface area (Å²) in [6.45, 7) is 1.97. The van der Waals surface area contributed by atoms with E-state index in [2.05, 4.69) is 25.8 Å². The zero-order valence-electron chi connectivity index (χ0n) is 17.7. The monoisotopic (exact) mass is 467 g/mol. The molecule has 0 bridgehead atoms. The van der Waals surface area contributed by atoms with Crippen molar-refractivity contribution in [2.24, 2.45) is 7.05 Å². The lowest BCUT2D eigenvalue weighted by Gasteiger charge is -2.23. The van der Waals surface area contributed by atoms with Gasteiger partial charge in [-0.15, -0.1) is 16.4 Å². The smallest absolute Gasteiger partial charge is 0.254 e. The van der Waals surface area contributed by atoms with Crippen LogP contribution in [0.2, 0.25) is 0 Å². The first kappa shape index (κ1) is 21.9. The second-order valence-electron chi connectivity index (χ2n) is 7.11. The number of para-hydroxylation sites is 1. The van der Waals surface area contributed by atoms with Gasteiger partial charge in [-0.3, -0.25) is 9.59 Å². The Morgan fingerprint density at radius 2 is 1.94 bits per heavy atom. The highest BCUT2D eigenvalue weighted by Crippen LogP contribution is 2.29. The highest BCUT2D eigenvalue weighted by molar-refractivity contribution is 7.99. The third-order valence-electron chi connectivity index (χ3n) is 4.90. The van der Waals surface area contributed by atoms with Gasteiger partial charge in [0.2, 0.25) is 11.1 Å². The predicted molar refractivity (Wildman–Crippen MR) is 125 cm³/mol. The molecule has 0 spiro atoms. The largest absolute Gasteiger partial charge is 0.333 e. The van der Waals surface area contributed by atoms with Crippen LogP contribution in [0.3, 0.4) is 0 Å². The lowest BCUT2D eigenvalue weighted by Crippen LogP contribution is -2.29. The highest BCUT2D eigenvalue weighted by atomic mass is 32.2. The van der Waals surface area contributed by atoms with Crippen LogP contribution in [0.25, 0.3) is 10.2 Å². The number of carbonyl (C=O) groups excluding carboxylic acids is 2. The number of rotatable bonds is 7. The van der Waals surface area contributed by atoms with Crippen molar-refractivity contribution in [3.63, 3.8) is 0 Å². The van der Waals surface area contributed by atoms with Crippen LogP contribution >= 0.6 is 23.1 Å². The molecule has 0 aliphatic carbocycles. The maximum absolute atomic E-state index is 13.0. The van der Waals surface area contributed by atoms with Gasteiger partial charge in [-0.2, -0.15) is 0 Å². The number of anilines is 1. The molecule has 1 N–H and O–H groups in total. The molecule has 2 aromatic carbocycles. The number of aryl methyl sites for hydroxylation is 1. The van der Waals surface area contributed by atoms with Crippen LogP contribution in [0.5, 0.6) is 0 Å². The van der Waals surface area contributed by atoms with E-state index in [-0.39, 0.29) is 23.6 Å². The van der Waals surface area contributed by atoms with Crippen molar-refractivity contribution < 1.29 is 9.59 Å². The number of nitrogens with zero attached hydrogens (tertiary/aromatic N) is 6. The minimum absolute atomic E-state index is 0.111. The number of carbonyl (C=O) groups is 2. The summed E-state index contributed by atoms with van der Waals surface area (Å²) >= 11 is 2.84. The Morgan fingerprint density at radius 3 is 2.62 bits per heavy atom. The molecule has 0 saturated heterocycles. The third kappa shape index (κ3) is 4.78. The minimum atomic E-state index is -0.182. The fourth-order valence-electron chi connectivity index (χ4n) is 2.98. The summed E-state index contributed by atoms with van der Waals surface area (Å²) < 4.78 is 2.60. The van der Waals surface area contributed by atoms with Crippen molar-refractivity contribution in [3.8, 4) is 0 Å². The SMILES string of the molecule is CC(c1nc2ccccc2s1)N(C)C(=O)c1ccc(NC(=O)CSc2nnnn2C)cc1. The van der Waals surface area contributed by atoms with Crippen molar-refractivity contribution >= 4 is 50.8 Å². The number of nitrogens with one attached hydrogen (secondary N) is 1. The molecule has 0 saturated carbocycles. The molecule has 1 unspecified atom stereocenters. The molecule has 2 amide bonds. The van der Waals surface area contributed by atoms with E-state index in [1.165, 1.54) is 16.4 Å². The minimum Gasteiger partial charge on any atom is -0.333 e. The summed E-state index contributed by atoms with van der Waals surface area (Å²) in [6, 6.07) is 14.6. The van der Waals surface area contributed by atoms with Crippen LogP contribution in [0.15, 0.2) is 53.7 Å². The summed E-state index contributed by atoms with van der Waals surface area (Å²) in [5, 5.41) is 15.4.